The first-order valence-corrected chi connectivity index (χ1v) is 7.35. The average molecular weight is 359 g/mol. The van der Waals surface area contributed by atoms with Gasteiger partial charge in [0.25, 0.3) is 11.8 Å². The van der Waals surface area contributed by atoms with Crippen molar-refractivity contribution in [3.63, 3.8) is 0 Å². The molecule has 0 saturated carbocycles. The highest BCUT2D eigenvalue weighted by molar-refractivity contribution is 6.34. The van der Waals surface area contributed by atoms with Crippen LogP contribution in [-0.4, -0.2) is 22.0 Å². The number of carbonyl (C=O) groups is 2. The van der Waals surface area contributed by atoms with Gasteiger partial charge in [-0.05, 0) is 30.3 Å². The summed E-state index contributed by atoms with van der Waals surface area (Å²) < 4.78 is 42.4. The lowest BCUT2D eigenvalue weighted by molar-refractivity contribution is -0.156. The molecule has 0 radical (unpaired) electrons. The smallest absolute Gasteiger partial charge is 0.413 e. The molecular weight excluding hydrogens is 351 g/mol. The highest BCUT2D eigenvalue weighted by Crippen LogP contribution is 2.33. The van der Waals surface area contributed by atoms with Crippen molar-refractivity contribution >= 4 is 17.5 Å². The van der Waals surface area contributed by atoms with Gasteiger partial charge in [0.2, 0.25) is 5.89 Å². The van der Waals surface area contributed by atoms with Crippen molar-refractivity contribution in [2.24, 2.45) is 0 Å². The average Bonchev–Trinajstić information content (AvgIpc) is 3.20. The molecule has 2 amide bonds. The van der Waals surface area contributed by atoms with E-state index in [0.717, 1.165) is 4.90 Å². The predicted molar refractivity (Wildman–Crippen MR) is 82.3 cm³/mol. The van der Waals surface area contributed by atoms with Crippen molar-refractivity contribution in [1.29, 1.82) is 0 Å². The summed E-state index contributed by atoms with van der Waals surface area (Å²) in [5, 5.41) is 6.34. The highest BCUT2D eigenvalue weighted by atomic mass is 19.4. The lowest BCUT2D eigenvalue weighted by atomic mass is 10.1. The summed E-state index contributed by atoms with van der Waals surface area (Å²) in [6.45, 7) is 0. The number of halogens is 3. The van der Waals surface area contributed by atoms with Gasteiger partial charge in [-0.25, -0.2) is 4.90 Å². The topological polar surface area (TPSA) is 76.3 Å². The van der Waals surface area contributed by atoms with Gasteiger partial charge in [0.15, 0.2) is 0 Å². The summed E-state index contributed by atoms with van der Waals surface area (Å²) in [5.41, 5.74) is 0.877. The second-order valence-electron chi connectivity index (χ2n) is 5.45. The Kier molecular flexibility index (Phi) is 3.39. The number of imide groups is 1. The van der Waals surface area contributed by atoms with Crippen LogP contribution in [0.3, 0.4) is 0 Å². The van der Waals surface area contributed by atoms with Crippen molar-refractivity contribution in [2.45, 2.75) is 6.18 Å². The molecule has 4 rings (SSSR count). The second-order valence-corrected chi connectivity index (χ2v) is 5.45. The van der Waals surface area contributed by atoms with Gasteiger partial charge in [0.1, 0.15) is 0 Å². The first-order chi connectivity index (χ1) is 12.4. The van der Waals surface area contributed by atoms with Crippen LogP contribution in [0.1, 0.15) is 26.6 Å². The van der Waals surface area contributed by atoms with Gasteiger partial charge in [-0.2, -0.15) is 13.2 Å². The van der Waals surface area contributed by atoms with Gasteiger partial charge < -0.3 is 4.42 Å². The summed E-state index contributed by atoms with van der Waals surface area (Å²) in [4.78, 5) is 25.9. The summed E-state index contributed by atoms with van der Waals surface area (Å²) in [6.07, 6.45) is -4.76. The number of anilines is 1. The van der Waals surface area contributed by atoms with Gasteiger partial charge in [-0.3, -0.25) is 9.59 Å². The van der Waals surface area contributed by atoms with Gasteiger partial charge in [-0.15, -0.1) is 10.2 Å². The van der Waals surface area contributed by atoms with Gasteiger partial charge in [0, 0.05) is 5.56 Å². The van der Waals surface area contributed by atoms with Crippen LogP contribution < -0.4 is 4.90 Å². The van der Waals surface area contributed by atoms with Crippen LogP contribution in [-0.2, 0) is 6.18 Å². The van der Waals surface area contributed by atoms with E-state index >= 15 is 0 Å². The van der Waals surface area contributed by atoms with Crippen LogP contribution >= 0.6 is 0 Å². The number of amides is 2. The molecule has 0 unspecified atom stereocenters. The van der Waals surface area contributed by atoms with Crippen LogP contribution in [0.2, 0.25) is 0 Å². The van der Waals surface area contributed by atoms with Crippen molar-refractivity contribution in [3.8, 4) is 11.5 Å². The number of aromatic nitrogens is 2. The maximum absolute atomic E-state index is 12.6. The van der Waals surface area contributed by atoms with E-state index in [9.17, 15) is 22.8 Å². The predicted octanol–water partition coefficient (Wildman–Crippen LogP) is 3.56. The Bertz CT molecular complexity index is 1010. The van der Waals surface area contributed by atoms with Crippen molar-refractivity contribution in [2.75, 3.05) is 4.90 Å². The molecule has 1 aliphatic heterocycles. The molecule has 0 fully saturated rings. The molecule has 2 heterocycles. The van der Waals surface area contributed by atoms with E-state index in [2.05, 4.69) is 14.6 Å². The zero-order chi connectivity index (χ0) is 18.5. The molecule has 0 N–H and O–H groups in total. The minimum absolute atomic E-state index is 0.155. The molecule has 0 spiro atoms. The number of alkyl halides is 3. The summed E-state index contributed by atoms with van der Waals surface area (Å²) in [6, 6.07) is 12.1. The second kappa shape index (κ2) is 5.51. The first kappa shape index (κ1) is 16.0. The Hall–Kier alpha value is -3.49. The third-order valence-electron chi connectivity index (χ3n) is 3.81. The largest absolute Gasteiger partial charge is 0.470 e. The number of carbonyl (C=O) groups excluding carboxylic acids is 2. The molecule has 0 bridgehead atoms. The molecule has 9 heteroatoms. The minimum atomic E-state index is -4.76. The van der Waals surface area contributed by atoms with Crippen molar-refractivity contribution in [1.82, 2.24) is 10.2 Å². The maximum Gasteiger partial charge on any atom is 0.470 e. The lowest BCUT2D eigenvalue weighted by Crippen LogP contribution is -2.29. The number of hydrogen-bond donors (Lipinski definition) is 0. The maximum atomic E-state index is 12.6. The van der Waals surface area contributed by atoms with E-state index in [0.29, 0.717) is 0 Å². The number of benzene rings is 2. The Morgan fingerprint density at radius 3 is 2.12 bits per heavy atom. The zero-order valence-electron chi connectivity index (χ0n) is 12.8. The fourth-order valence-corrected chi connectivity index (χ4v) is 2.66. The summed E-state index contributed by atoms with van der Waals surface area (Å²) >= 11 is 0. The molecule has 2 aromatic carbocycles. The standard InChI is InChI=1S/C17H8F3N3O3/c18-17(19,20)16-22-21-13(26-16)9-4-3-5-10(8-9)23-14(24)11-6-1-2-7-12(11)15(23)25/h1-8H. The fraction of sp³-hybridized carbons (Fsp3) is 0.0588. The van der Waals surface area contributed by atoms with Crippen molar-refractivity contribution < 1.29 is 27.2 Å². The van der Waals surface area contributed by atoms with Gasteiger partial charge in [-0.1, -0.05) is 18.2 Å². The van der Waals surface area contributed by atoms with E-state index in [1.165, 1.54) is 36.4 Å². The fourth-order valence-electron chi connectivity index (χ4n) is 2.66. The number of rotatable bonds is 2. The monoisotopic (exact) mass is 359 g/mol. The van der Waals surface area contributed by atoms with Crippen LogP contribution in [0.15, 0.2) is 52.9 Å². The Morgan fingerprint density at radius 2 is 1.54 bits per heavy atom. The van der Waals surface area contributed by atoms with Crippen LogP contribution in [0.25, 0.3) is 11.5 Å². The van der Waals surface area contributed by atoms with Crippen LogP contribution in [0, 0.1) is 0 Å². The SMILES string of the molecule is O=C1c2ccccc2C(=O)N1c1cccc(-c2nnc(C(F)(F)F)o2)c1. The molecule has 6 nitrogen and oxygen atoms in total. The van der Waals surface area contributed by atoms with Crippen LogP contribution in [0.4, 0.5) is 18.9 Å². The van der Waals surface area contributed by atoms with E-state index < -0.39 is 23.9 Å². The van der Waals surface area contributed by atoms with E-state index in [4.69, 9.17) is 0 Å². The Labute approximate surface area is 143 Å². The third-order valence-corrected chi connectivity index (χ3v) is 3.81. The van der Waals surface area contributed by atoms with E-state index in [1.807, 2.05) is 0 Å². The molecule has 1 aromatic heterocycles. The zero-order valence-corrected chi connectivity index (χ0v) is 12.8. The quantitative estimate of drug-likeness (QED) is 0.654. The number of nitrogens with zero attached hydrogens (tertiary/aromatic N) is 3. The minimum Gasteiger partial charge on any atom is -0.413 e. The van der Waals surface area contributed by atoms with E-state index in [1.54, 1.807) is 12.1 Å². The number of hydrogen-bond acceptors (Lipinski definition) is 5. The molecule has 130 valence electrons. The highest BCUT2D eigenvalue weighted by Gasteiger charge is 2.39. The van der Waals surface area contributed by atoms with Gasteiger partial charge >= 0.3 is 12.1 Å². The molecule has 0 aliphatic carbocycles. The Balaban J connectivity index is 1.73. The first-order valence-electron chi connectivity index (χ1n) is 7.35. The lowest BCUT2D eigenvalue weighted by Gasteiger charge is -2.14. The Morgan fingerprint density at radius 1 is 0.885 bits per heavy atom. The van der Waals surface area contributed by atoms with Crippen LogP contribution in [0.5, 0.6) is 0 Å². The normalized spacial score (nSPS) is 14.0. The van der Waals surface area contributed by atoms with Gasteiger partial charge in [0.05, 0.1) is 16.8 Å². The van der Waals surface area contributed by atoms with E-state index in [-0.39, 0.29) is 28.3 Å². The summed E-state index contributed by atoms with van der Waals surface area (Å²) in [5.74, 6) is -2.86. The molecule has 0 atom stereocenters. The molecule has 3 aromatic rings. The number of fused-ring (bicyclic) bond motifs is 1. The molecular formula is C17H8F3N3O3. The molecule has 0 saturated heterocycles. The summed E-state index contributed by atoms with van der Waals surface area (Å²) in [7, 11) is 0. The third kappa shape index (κ3) is 2.44. The van der Waals surface area contributed by atoms with Crippen molar-refractivity contribution in [3.05, 3.63) is 65.5 Å². The molecule has 26 heavy (non-hydrogen) atoms. The molecule has 1 aliphatic rings.